The Bertz CT molecular complexity index is 699. The number of rotatable bonds is 2. The predicted octanol–water partition coefficient (Wildman–Crippen LogP) is 5.56. The Balaban J connectivity index is 1.78. The van der Waals surface area contributed by atoms with Crippen LogP contribution in [-0.2, 0) is 6.42 Å². The number of phenols is 1. The Morgan fingerprint density at radius 1 is 1.32 bits per heavy atom. The summed E-state index contributed by atoms with van der Waals surface area (Å²) in [6, 6.07) is 6.03. The van der Waals surface area contributed by atoms with Gasteiger partial charge in [-0.1, -0.05) is 48.9 Å². The van der Waals surface area contributed by atoms with Crippen molar-refractivity contribution in [3.63, 3.8) is 0 Å². The zero-order valence-electron chi connectivity index (χ0n) is 15.2. The number of aryl methyl sites for hydroxylation is 1. The highest BCUT2D eigenvalue weighted by Crippen LogP contribution is 2.66. The van der Waals surface area contributed by atoms with Gasteiger partial charge in [0.25, 0.3) is 0 Å². The number of halogens is 1. The third-order valence-corrected chi connectivity index (χ3v) is 8.27. The molecule has 1 aromatic carbocycles. The van der Waals surface area contributed by atoms with E-state index in [9.17, 15) is 10.2 Å². The van der Waals surface area contributed by atoms with E-state index in [1.54, 1.807) is 0 Å². The molecule has 3 aliphatic carbocycles. The van der Waals surface area contributed by atoms with Gasteiger partial charge >= 0.3 is 0 Å². The molecule has 3 heteroatoms. The summed E-state index contributed by atoms with van der Waals surface area (Å²) < 4.78 is 2.01. The lowest BCUT2D eigenvalue weighted by atomic mass is 9.49. The summed E-state index contributed by atoms with van der Waals surface area (Å²) in [4.78, 5) is 0. The summed E-state index contributed by atoms with van der Waals surface area (Å²) in [7, 11) is 0. The molecule has 1 aromatic rings. The molecule has 3 aliphatic rings. The van der Waals surface area contributed by atoms with Crippen LogP contribution in [0.1, 0.15) is 63.0 Å². The van der Waals surface area contributed by atoms with Gasteiger partial charge in [0.15, 0.2) is 0 Å². The van der Waals surface area contributed by atoms with E-state index in [0.29, 0.717) is 29.4 Å². The quantitative estimate of drug-likeness (QED) is 0.577. The second-order valence-corrected chi connectivity index (χ2v) is 9.48. The summed E-state index contributed by atoms with van der Waals surface area (Å²) >= 11 is 2.25. The molecule has 0 saturated heterocycles. The van der Waals surface area contributed by atoms with E-state index >= 15 is 0 Å². The van der Waals surface area contributed by atoms with Gasteiger partial charge in [-0.2, -0.15) is 0 Å². The Labute approximate surface area is 164 Å². The van der Waals surface area contributed by atoms with Crippen molar-refractivity contribution < 1.29 is 10.2 Å². The molecule has 2 nitrogen and oxygen atoms in total. The topological polar surface area (TPSA) is 40.5 Å². The molecular weight excluding hydrogens is 423 g/mol. The fourth-order valence-electron chi connectivity index (χ4n) is 6.68. The summed E-state index contributed by atoms with van der Waals surface area (Å²) in [5, 5.41) is 21.3. The molecule has 136 valence electrons. The van der Waals surface area contributed by atoms with Gasteiger partial charge in [0.1, 0.15) is 5.75 Å². The summed E-state index contributed by atoms with van der Waals surface area (Å²) in [6.45, 7) is 4.66. The molecule has 2 N–H and O–H groups in total. The van der Waals surface area contributed by atoms with Gasteiger partial charge in [-0.05, 0) is 89.2 Å². The number of benzene rings is 1. The van der Waals surface area contributed by atoms with Gasteiger partial charge in [-0.15, -0.1) is 0 Å². The minimum absolute atomic E-state index is 0.00899. The number of fused-ring (bicyclic) bond motifs is 5. The number of hydrogen-bond acceptors (Lipinski definition) is 2. The Kier molecular flexibility index (Phi) is 4.47. The fourth-order valence-corrected chi connectivity index (χ4v) is 7.28. The summed E-state index contributed by atoms with van der Waals surface area (Å²) in [5.74, 6) is 2.87. The first-order valence-electron chi connectivity index (χ1n) is 9.75. The lowest BCUT2D eigenvalue weighted by Crippen LogP contribution is -2.52. The molecule has 0 aromatic heterocycles. The molecule has 0 heterocycles. The zero-order valence-corrected chi connectivity index (χ0v) is 17.4. The van der Waals surface area contributed by atoms with E-state index in [4.69, 9.17) is 0 Å². The Morgan fingerprint density at radius 3 is 2.84 bits per heavy atom. The second kappa shape index (κ2) is 6.26. The van der Waals surface area contributed by atoms with Crippen LogP contribution in [0.2, 0.25) is 0 Å². The van der Waals surface area contributed by atoms with Crippen LogP contribution in [0.3, 0.4) is 0 Å². The summed E-state index contributed by atoms with van der Waals surface area (Å²) in [5.41, 5.74) is 2.17. The number of hydrogen-bond donors (Lipinski definition) is 2. The number of aliphatic hydroxyl groups is 1. The van der Waals surface area contributed by atoms with Crippen LogP contribution in [-0.4, -0.2) is 15.8 Å². The average molecular weight is 452 g/mol. The second-order valence-electron chi connectivity index (χ2n) is 8.76. The predicted molar refractivity (Wildman–Crippen MR) is 110 cm³/mol. The van der Waals surface area contributed by atoms with E-state index in [1.165, 1.54) is 17.5 Å². The highest BCUT2D eigenvalue weighted by Gasteiger charge is 2.62. The highest BCUT2D eigenvalue weighted by atomic mass is 127. The molecular formula is C22H29IO2. The third-order valence-electron chi connectivity index (χ3n) is 7.91. The number of aromatic hydroxyl groups is 1. The first-order valence-corrected chi connectivity index (χ1v) is 11.0. The minimum atomic E-state index is -0.646. The molecule has 0 aliphatic heterocycles. The molecule has 0 spiro atoms. The van der Waals surface area contributed by atoms with Crippen molar-refractivity contribution in [2.75, 3.05) is 0 Å². The fraction of sp³-hybridized carbons (Fsp3) is 0.636. The molecule has 0 radical (unpaired) electrons. The SMILES string of the molecule is CCC1C[C@@]2(C)[C@@H](CC[C@]2(O)C=CI)[C@@H]2CCc3cc(O)ccc3[C@@H]12. The average Bonchev–Trinajstić information content (AvgIpc) is 2.85. The van der Waals surface area contributed by atoms with Crippen LogP contribution in [0.15, 0.2) is 28.4 Å². The lowest BCUT2D eigenvalue weighted by molar-refractivity contribution is -0.0898. The van der Waals surface area contributed by atoms with Crippen molar-refractivity contribution in [1.82, 2.24) is 0 Å². The zero-order chi connectivity index (χ0) is 17.8. The van der Waals surface area contributed by atoms with Crippen LogP contribution in [0.25, 0.3) is 0 Å². The minimum Gasteiger partial charge on any atom is -0.508 e. The third kappa shape index (κ3) is 2.52. The molecule has 2 fully saturated rings. The normalized spacial score (nSPS) is 42.9. The van der Waals surface area contributed by atoms with Crippen LogP contribution in [0.5, 0.6) is 5.75 Å². The van der Waals surface area contributed by atoms with Crippen molar-refractivity contribution in [3.8, 4) is 5.75 Å². The smallest absolute Gasteiger partial charge is 0.115 e. The van der Waals surface area contributed by atoms with Gasteiger partial charge in [-0.25, -0.2) is 0 Å². The van der Waals surface area contributed by atoms with Crippen molar-refractivity contribution in [3.05, 3.63) is 39.5 Å². The Hall–Kier alpha value is -0.550. The van der Waals surface area contributed by atoms with Crippen molar-refractivity contribution >= 4 is 22.6 Å². The van der Waals surface area contributed by atoms with E-state index in [-0.39, 0.29) is 5.41 Å². The largest absolute Gasteiger partial charge is 0.508 e. The molecule has 0 amide bonds. The van der Waals surface area contributed by atoms with Gasteiger partial charge in [0.05, 0.1) is 5.60 Å². The van der Waals surface area contributed by atoms with Gasteiger partial charge in [0, 0.05) is 5.41 Å². The van der Waals surface area contributed by atoms with Gasteiger partial charge < -0.3 is 10.2 Å². The maximum absolute atomic E-state index is 11.5. The monoisotopic (exact) mass is 452 g/mol. The van der Waals surface area contributed by atoms with Gasteiger partial charge in [-0.3, -0.25) is 0 Å². The summed E-state index contributed by atoms with van der Waals surface area (Å²) in [6.07, 6.45) is 8.63. The lowest BCUT2D eigenvalue weighted by Gasteiger charge is -2.56. The number of phenolic OH excluding ortho intramolecular Hbond substituents is 1. The molecule has 4 rings (SSSR count). The van der Waals surface area contributed by atoms with Crippen LogP contribution in [0, 0.1) is 23.2 Å². The van der Waals surface area contributed by atoms with Crippen molar-refractivity contribution in [2.45, 2.75) is 63.9 Å². The molecule has 25 heavy (non-hydrogen) atoms. The van der Waals surface area contributed by atoms with E-state index in [1.807, 2.05) is 16.2 Å². The van der Waals surface area contributed by atoms with Crippen LogP contribution >= 0.6 is 22.6 Å². The molecule has 6 atom stereocenters. The van der Waals surface area contributed by atoms with E-state index in [2.05, 4.69) is 48.6 Å². The maximum atomic E-state index is 11.5. The standard InChI is InChI=1S/C22H29IO2/c1-3-14-13-21(2)19(8-9-22(21,25)10-11-23)18-6-4-15-12-16(24)5-7-17(15)20(14)18/h5,7,10-12,14,18-20,24-25H,3-4,6,8-9,13H2,1-2H3/t14?,18-,19-,20+,21-,22-/m0/s1. The van der Waals surface area contributed by atoms with Crippen LogP contribution < -0.4 is 0 Å². The van der Waals surface area contributed by atoms with Crippen molar-refractivity contribution in [1.29, 1.82) is 0 Å². The highest BCUT2D eigenvalue weighted by molar-refractivity contribution is 14.1. The van der Waals surface area contributed by atoms with Gasteiger partial charge in [0.2, 0.25) is 0 Å². The van der Waals surface area contributed by atoms with E-state index < -0.39 is 5.60 Å². The first kappa shape index (κ1) is 17.8. The molecule has 1 unspecified atom stereocenters. The molecule has 2 saturated carbocycles. The Morgan fingerprint density at radius 2 is 2.12 bits per heavy atom. The van der Waals surface area contributed by atoms with Crippen LogP contribution in [0.4, 0.5) is 0 Å². The molecule has 0 bridgehead atoms. The van der Waals surface area contributed by atoms with Crippen molar-refractivity contribution in [2.24, 2.45) is 23.2 Å². The maximum Gasteiger partial charge on any atom is 0.115 e. The first-order chi connectivity index (χ1) is 11.9. The van der Waals surface area contributed by atoms with E-state index in [0.717, 1.165) is 32.1 Å².